The van der Waals surface area contributed by atoms with Gasteiger partial charge in [-0.25, -0.2) is 0 Å². The first kappa shape index (κ1) is 14.0. The minimum atomic E-state index is 0. The normalized spacial score (nSPS) is 7.91. The monoisotopic (exact) mass is 222 g/mol. The maximum Gasteiger partial charge on any atom is 2.00 e. The molecule has 0 heterocycles. The Morgan fingerprint density at radius 1 is 1.00 bits per heavy atom. The van der Waals surface area contributed by atoms with Crippen LogP contribution in [0.25, 0.3) is 0 Å². The van der Waals surface area contributed by atoms with Crippen LogP contribution in [0.3, 0.4) is 0 Å². The fraction of sp³-hybridized carbons (Fsp3) is 0.333. The molecule has 1 aromatic rings. The van der Waals surface area contributed by atoms with Crippen molar-refractivity contribution >= 4 is 23.1 Å². The average molecular weight is 223 g/mol. The molecule has 0 unspecified atom stereocenters. The number of benzene rings is 1. The van der Waals surface area contributed by atoms with E-state index in [-0.39, 0.29) is 40.0 Å². The summed E-state index contributed by atoms with van der Waals surface area (Å²) in [7, 11) is 0. The van der Waals surface area contributed by atoms with Crippen molar-refractivity contribution in [1.29, 1.82) is 0 Å². The van der Waals surface area contributed by atoms with Crippen molar-refractivity contribution in [1.82, 2.24) is 0 Å². The van der Waals surface area contributed by atoms with Gasteiger partial charge in [-0.2, -0.15) is 34.9 Å². The smallest absolute Gasteiger partial charge is 1.00 e. The van der Waals surface area contributed by atoms with Crippen molar-refractivity contribution < 1.29 is 17.0 Å². The Labute approximate surface area is 95.3 Å². The summed E-state index contributed by atoms with van der Waals surface area (Å²) in [6, 6.07) is 7.10. The van der Waals surface area contributed by atoms with E-state index >= 15 is 0 Å². The van der Waals surface area contributed by atoms with Gasteiger partial charge in [0.05, 0.1) is 0 Å². The molecule has 0 nitrogen and oxygen atoms in total. The van der Waals surface area contributed by atoms with Crippen LogP contribution in [0.4, 0.5) is 0 Å². The number of aryl methyl sites for hydroxylation is 2. The van der Waals surface area contributed by atoms with Crippen molar-refractivity contribution in [2.24, 2.45) is 0 Å². The van der Waals surface area contributed by atoms with Crippen molar-refractivity contribution in [3.8, 4) is 0 Å². The first-order valence-corrected chi connectivity index (χ1v) is 3.15. The van der Waals surface area contributed by atoms with Crippen LogP contribution in [0.5, 0.6) is 0 Å². The Bertz CT molecular complexity index is 201. The van der Waals surface area contributed by atoms with Crippen molar-refractivity contribution in [2.45, 2.75) is 20.8 Å². The fourth-order valence-electron chi connectivity index (χ4n) is 0.819. The minimum absolute atomic E-state index is 0. The van der Waals surface area contributed by atoms with Crippen LogP contribution in [-0.4, -0.2) is 23.1 Å². The molecule has 0 aliphatic heterocycles. The van der Waals surface area contributed by atoms with Gasteiger partial charge in [0.15, 0.2) is 0 Å². The summed E-state index contributed by atoms with van der Waals surface area (Å²) in [6.45, 7) is 6.36. The summed E-state index contributed by atoms with van der Waals surface area (Å²) in [5.41, 5.74) is 4.04. The summed E-state index contributed by atoms with van der Waals surface area (Å²) in [5.74, 6) is 0. The summed E-state index contributed by atoms with van der Waals surface area (Å²) in [5, 5.41) is 0. The van der Waals surface area contributed by atoms with E-state index in [9.17, 15) is 0 Å². The maximum absolute atomic E-state index is 3.07. The topological polar surface area (TPSA) is 0 Å². The first-order valence-electron chi connectivity index (χ1n) is 3.15. The summed E-state index contributed by atoms with van der Waals surface area (Å²) in [6.07, 6.45) is 0. The summed E-state index contributed by atoms with van der Waals surface area (Å²) < 4.78 is 0. The van der Waals surface area contributed by atoms with E-state index in [1.54, 1.807) is 0 Å². The maximum atomic E-state index is 3.07. The molecule has 0 radical (unpaired) electrons. The van der Waals surface area contributed by atoms with Crippen molar-refractivity contribution in [3.63, 3.8) is 0 Å². The molecule has 0 N–H and O–H groups in total. The van der Waals surface area contributed by atoms with Gasteiger partial charge in [-0.05, 0) is 0 Å². The molecule has 0 atom stereocenters. The zero-order valence-corrected chi connectivity index (χ0v) is 10.2. The Hall–Kier alpha value is 0.466. The van der Waals surface area contributed by atoms with E-state index in [1.807, 2.05) is 12.1 Å². The standard InChI is InChI=1S/C9H11.BrH.Mg/c1-7-5-4-6-8(2)9(7)3;;/h5-6H,1-3H3;1H;/q-1;;+2/p-1. The van der Waals surface area contributed by atoms with Gasteiger partial charge in [0.1, 0.15) is 0 Å². The van der Waals surface area contributed by atoms with Crippen molar-refractivity contribution in [3.05, 3.63) is 34.9 Å². The van der Waals surface area contributed by atoms with E-state index < -0.39 is 0 Å². The molecule has 11 heavy (non-hydrogen) atoms. The predicted molar refractivity (Wildman–Crippen MR) is 45.2 cm³/mol. The molecule has 0 spiro atoms. The van der Waals surface area contributed by atoms with Gasteiger partial charge >= 0.3 is 23.1 Å². The van der Waals surface area contributed by atoms with E-state index in [0.29, 0.717) is 0 Å². The van der Waals surface area contributed by atoms with Gasteiger partial charge in [-0.1, -0.05) is 20.8 Å². The largest absolute Gasteiger partial charge is 2.00 e. The second-order valence-corrected chi connectivity index (χ2v) is 2.45. The van der Waals surface area contributed by atoms with Crippen molar-refractivity contribution in [2.75, 3.05) is 0 Å². The Morgan fingerprint density at radius 2 is 1.36 bits per heavy atom. The molecular formula is C9H11BrMg. The molecule has 0 aliphatic rings. The molecule has 0 saturated heterocycles. The zero-order valence-electron chi connectivity index (χ0n) is 7.24. The van der Waals surface area contributed by atoms with Crippen LogP contribution in [0, 0.1) is 26.8 Å². The molecule has 2 heteroatoms. The van der Waals surface area contributed by atoms with Gasteiger partial charge in [-0.3, -0.25) is 0 Å². The Kier molecular flexibility index (Phi) is 7.69. The van der Waals surface area contributed by atoms with Gasteiger partial charge in [0.25, 0.3) is 0 Å². The van der Waals surface area contributed by atoms with Crippen LogP contribution in [0.2, 0.25) is 0 Å². The van der Waals surface area contributed by atoms with Gasteiger partial charge < -0.3 is 17.0 Å². The molecule has 1 rings (SSSR count). The number of halogens is 1. The third-order valence-corrected chi connectivity index (χ3v) is 1.78. The molecule has 0 aromatic heterocycles. The molecular weight excluding hydrogens is 212 g/mol. The SMILES string of the molecule is Cc1c[c-]cc(C)c1C.[Br-].[Mg+2]. The Morgan fingerprint density at radius 3 is 1.64 bits per heavy atom. The van der Waals surface area contributed by atoms with Crippen LogP contribution in [-0.2, 0) is 0 Å². The third-order valence-electron chi connectivity index (χ3n) is 1.78. The van der Waals surface area contributed by atoms with Crippen LogP contribution >= 0.6 is 0 Å². The second-order valence-electron chi connectivity index (χ2n) is 2.45. The Balaban J connectivity index is 0. The van der Waals surface area contributed by atoms with Crippen LogP contribution < -0.4 is 17.0 Å². The summed E-state index contributed by atoms with van der Waals surface area (Å²) >= 11 is 0. The zero-order chi connectivity index (χ0) is 6.85. The summed E-state index contributed by atoms with van der Waals surface area (Å²) in [4.78, 5) is 0. The van der Waals surface area contributed by atoms with E-state index in [0.717, 1.165) is 0 Å². The molecule has 0 saturated carbocycles. The van der Waals surface area contributed by atoms with Gasteiger partial charge in [0, 0.05) is 0 Å². The van der Waals surface area contributed by atoms with E-state index in [4.69, 9.17) is 0 Å². The molecule has 0 amide bonds. The third kappa shape index (κ3) is 3.58. The second kappa shape index (κ2) is 6.03. The van der Waals surface area contributed by atoms with E-state index in [1.165, 1.54) is 16.7 Å². The quantitative estimate of drug-likeness (QED) is 0.392. The molecule has 0 bridgehead atoms. The fourth-order valence-corrected chi connectivity index (χ4v) is 0.819. The molecule has 0 fully saturated rings. The van der Waals surface area contributed by atoms with Gasteiger partial charge in [0.2, 0.25) is 0 Å². The number of hydrogen-bond donors (Lipinski definition) is 0. The minimum Gasteiger partial charge on any atom is -1.00 e. The van der Waals surface area contributed by atoms with Crippen LogP contribution in [0.1, 0.15) is 16.7 Å². The first-order chi connectivity index (χ1) is 4.22. The molecule has 1 aromatic carbocycles. The molecule has 56 valence electrons. The average Bonchev–Trinajstić information content (AvgIpc) is 1.83. The molecule has 0 aliphatic carbocycles. The number of rotatable bonds is 0. The van der Waals surface area contributed by atoms with E-state index in [2.05, 4.69) is 26.8 Å². The van der Waals surface area contributed by atoms with Crippen LogP contribution in [0.15, 0.2) is 12.1 Å². The predicted octanol–water partition coefficient (Wildman–Crippen LogP) is -0.965. The van der Waals surface area contributed by atoms with Gasteiger partial charge in [-0.15, -0.1) is 0 Å². The number of hydrogen-bond acceptors (Lipinski definition) is 0.